The van der Waals surface area contributed by atoms with Crippen LogP contribution >= 0.6 is 0 Å². The fraction of sp³-hybridized carbons (Fsp3) is 0.143. The minimum Gasteiger partial charge on any atom is -0.497 e. The quantitative estimate of drug-likeness (QED) is 0.845. The SMILES string of the molecule is COc1ccc(Cn2cccc(C#N)c2=O)c(F)c1. The van der Waals surface area contributed by atoms with Crippen LogP contribution in [0.3, 0.4) is 0 Å². The summed E-state index contributed by atoms with van der Waals surface area (Å²) < 4.78 is 20.0. The Hall–Kier alpha value is -2.61. The molecule has 1 aromatic heterocycles. The van der Waals surface area contributed by atoms with Crippen LogP contribution < -0.4 is 10.3 Å². The van der Waals surface area contributed by atoms with Gasteiger partial charge < -0.3 is 9.30 Å². The van der Waals surface area contributed by atoms with Crippen molar-refractivity contribution >= 4 is 0 Å². The molecule has 0 fully saturated rings. The Kier molecular flexibility index (Phi) is 3.62. The van der Waals surface area contributed by atoms with E-state index in [4.69, 9.17) is 10.00 Å². The first-order valence-corrected chi connectivity index (χ1v) is 5.57. The molecule has 1 heterocycles. The maximum absolute atomic E-state index is 13.8. The molecular formula is C14H11FN2O2. The van der Waals surface area contributed by atoms with E-state index >= 15 is 0 Å². The predicted molar refractivity (Wildman–Crippen MR) is 67.5 cm³/mol. The van der Waals surface area contributed by atoms with Crippen LogP contribution in [0.4, 0.5) is 4.39 Å². The highest BCUT2D eigenvalue weighted by atomic mass is 19.1. The van der Waals surface area contributed by atoms with Crippen molar-refractivity contribution in [3.8, 4) is 11.8 Å². The lowest BCUT2D eigenvalue weighted by Gasteiger charge is -2.08. The van der Waals surface area contributed by atoms with Gasteiger partial charge in [-0.15, -0.1) is 0 Å². The Morgan fingerprint density at radius 1 is 1.42 bits per heavy atom. The lowest BCUT2D eigenvalue weighted by Crippen LogP contribution is -2.22. The highest BCUT2D eigenvalue weighted by molar-refractivity contribution is 5.30. The summed E-state index contributed by atoms with van der Waals surface area (Å²) in [5.74, 6) is -0.0343. The zero-order valence-corrected chi connectivity index (χ0v) is 10.3. The van der Waals surface area contributed by atoms with E-state index in [0.717, 1.165) is 0 Å². The molecule has 0 N–H and O–H groups in total. The molecule has 2 aromatic rings. The van der Waals surface area contributed by atoms with Gasteiger partial charge in [0.2, 0.25) is 0 Å². The fourth-order valence-electron chi connectivity index (χ4n) is 1.71. The number of nitrogens with zero attached hydrogens (tertiary/aromatic N) is 2. The molecule has 5 heteroatoms. The number of aromatic nitrogens is 1. The van der Waals surface area contributed by atoms with Crippen LogP contribution in [0.25, 0.3) is 0 Å². The number of pyridine rings is 1. The summed E-state index contributed by atoms with van der Waals surface area (Å²) in [7, 11) is 1.45. The zero-order valence-electron chi connectivity index (χ0n) is 10.3. The normalized spacial score (nSPS) is 9.95. The molecule has 2 rings (SSSR count). The van der Waals surface area contributed by atoms with Crippen LogP contribution in [0.5, 0.6) is 5.75 Å². The smallest absolute Gasteiger partial charge is 0.268 e. The standard InChI is InChI=1S/C14H11FN2O2/c1-19-12-5-4-11(13(15)7-12)9-17-6-2-3-10(8-16)14(17)18/h2-7H,9H2,1H3. The van der Waals surface area contributed by atoms with Gasteiger partial charge in [0.15, 0.2) is 0 Å². The Balaban J connectivity index is 2.37. The highest BCUT2D eigenvalue weighted by Crippen LogP contribution is 2.16. The van der Waals surface area contributed by atoms with E-state index in [1.54, 1.807) is 18.2 Å². The molecule has 0 aliphatic carbocycles. The van der Waals surface area contributed by atoms with Gasteiger partial charge >= 0.3 is 0 Å². The lowest BCUT2D eigenvalue weighted by molar-refractivity contribution is 0.410. The number of ether oxygens (including phenoxy) is 1. The van der Waals surface area contributed by atoms with Crippen molar-refractivity contribution in [1.82, 2.24) is 4.57 Å². The Morgan fingerprint density at radius 3 is 2.84 bits per heavy atom. The summed E-state index contributed by atoms with van der Waals surface area (Å²) in [6.07, 6.45) is 1.52. The molecule has 0 radical (unpaired) electrons. The molecule has 0 amide bonds. The second kappa shape index (κ2) is 5.36. The van der Waals surface area contributed by atoms with Crippen molar-refractivity contribution in [2.45, 2.75) is 6.54 Å². The molecule has 1 aromatic carbocycles. The lowest BCUT2D eigenvalue weighted by atomic mass is 10.2. The number of rotatable bonds is 3. The second-order valence-corrected chi connectivity index (χ2v) is 3.92. The van der Waals surface area contributed by atoms with Crippen molar-refractivity contribution in [2.24, 2.45) is 0 Å². The van der Waals surface area contributed by atoms with E-state index in [1.165, 1.54) is 30.0 Å². The van der Waals surface area contributed by atoms with Crippen LogP contribution in [0, 0.1) is 17.1 Å². The van der Waals surface area contributed by atoms with Crippen LogP contribution in [-0.4, -0.2) is 11.7 Å². The molecule has 0 spiro atoms. The number of nitriles is 1. The number of benzene rings is 1. The van der Waals surface area contributed by atoms with Crippen molar-refractivity contribution in [3.63, 3.8) is 0 Å². The second-order valence-electron chi connectivity index (χ2n) is 3.92. The maximum atomic E-state index is 13.8. The minimum absolute atomic E-state index is 0.0384. The Bertz CT molecular complexity index is 701. The first-order chi connectivity index (χ1) is 9.15. The first-order valence-electron chi connectivity index (χ1n) is 5.57. The van der Waals surface area contributed by atoms with Gasteiger partial charge in [0.25, 0.3) is 5.56 Å². The monoisotopic (exact) mass is 258 g/mol. The summed E-state index contributed by atoms with van der Waals surface area (Å²) in [5.41, 5.74) is -0.0328. The van der Waals surface area contributed by atoms with Gasteiger partial charge in [-0.25, -0.2) is 4.39 Å². The molecule has 0 atom stereocenters. The van der Waals surface area contributed by atoms with E-state index in [1.807, 2.05) is 6.07 Å². The van der Waals surface area contributed by atoms with Crippen molar-refractivity contribution in [2.75, 3.05) is 7.11 Å². The van der Waals surface area contributed by atoms with E-state index in [0.29, 0.717) is 11.3 Å². The molecule has 0 unspecified atom stereocenters. The van der Waals surface area contributed by atoms with Gasteiger partial charge in [-0.2, -0.15) is 5.26 Å². The van der Waals surface area contributed by atoms with Gasteiger partial charge in [0.05, 0.1) is 13.7 Å². The third-order valence-electron chi connectivity index (χ3n) is 2.74. The fourth-order valence-corrected chi connectivity index (χ4v) is 1.71. The van der Waals surface area contributed by atoms with Crippen LogP contribution in [0.2, 0.25) is 0 Å². The molecule has 0 saturated heterocycles. The van der Waals surface area contributed by atoms with Crippen LogP contribution in [-0.2, 0) is 6.54 Å². The molecule has 96 valence electrons. The molecule has 0 aliphatic heterocycles. The molecule has 4 nitrogen and oxygen atoms in total. The Labute approximate surface area is 109 Å². The average molecular weight is 258 g/mol. The van der Waals surface area contributed by atoms with E-state index < -0.39 is 11.4 Å². The third-order valence-corrected chi connectivity index (χ3v) is 2.74. The third kappa shape index (κ3) is 2.63. The van der Waals surface area contributed by atoms with Gasteiger partial charge in [-0.05, 0) is 18.2 Å². The number of hydrogen-bond donors (Lipinski definition) is 0. The first kappa shape index (κ1) is 12.8. The van der Waals surface area contributed by atoms with Gasteiger partial charge in [0, 0.05) is 17.8 Å². The van der Waals surface area contributed by atoms with Crippen LogP contribution in [0.1, 0.15) is 11.1 Å². The number of hydrogen-bond acceptors (Lipinski definition) is 3. The number of halogens is 1. The van der Waals surface area contributed by atoms with Crippen LogP contribution in [0.15, 0.2) is 41.3 Å². The van der Waals surface area contributed by atoms with Gasteiger partial charge in [0.1, 0.15) is 23.2 Å². The topological polar surface area (TPSA) is 55.0 Å². The van der Waals surface area contributed by atoms with Crippen molar-refractivity contribution < 1.29 is 9.13 Å². The van der Waals surface area contributed by atoms with E-state index in [-0.39, 0.29) is 12.1 Å². The molecule has 19 heavy (non-hydrogen) atoms. The number of methoxy groups -OCH3 is 1. The average Bonchev–Trinajstić information content (AvgIpc) is 2.43. The van der Waals surface area contributed by atoms with E-state index in [2.05, 4.69) is 0 Å². The summed E-state index contributed by atoms with van der Waals surface area (Å²) in [4.78, 5) is 11.8. The maximum Gasteiger partial charge on any atom is 0.268 e. The zero-order chi connectivity index (χ0) is 13.8. The predicted octanol–water partition coefficient (Wildman–Crippen LogP) is 1.92. The van der Waals surface area contributed by atoms with Gasteiger partial charge in [-0.3, -0.25) is 4.79 Å². The summed E-state index contributed by atoms with van der Waals surface area (Å²) in [5, 5.41) is 8.78. The highest BCUT2D eigenvalue weighted by Gasteiger charge is 2.07. The molecule has 0 saturated carbocycles. The minimum atomic E-state index is -0.450. The van der Waals surface area contributed by atoms with E-state index in [9.17, 15) is 9.18 Å². The summed E-state index contributed by atoms with van der Waals surface area (Å²) >= 11 is 0. The summed E-state index contributed by atoms with van der Waals surface area (Å²) in [6.45, 7) is 0.0736. The molecular weight excluding hydrogens is 247 g/mol. The van der Waals surface area contributed by atoms with Crippen molar-refractivity contribution in [3.05, 3.63) is 63.8 Å². The van der Waals surface area contributed by atoms with Crippen molar-refractivity contribution in [1.29, 1.82) is 5.26 Å². The summed E-state index contributed by atoms with van der Waals surface area (Å²) in [6, 6.07) is 9.26. The Morgan fingerprint density at radius 2 is 2.21 bits per heavy atom. The van der Waals surface area contributed by atoms with Gasteiger partial charge in [-0.1, -0.05) is 6.07 Å². The largest absolute Gasteiger partial charge is 0.497 e. The molecule has 0 aliphatic rings. The molecule has 0 bridgehead atoms.